The predicted octanol–water partition coefficient (Wildman–Crippen LogP) is 4.32. The van der Waals surface area contributed by atoms with Gasteiger partial charge in [-0.2, -0.15) is 5.10 Å². The van der Waals surface area contributed by atoms with Crippen molar-refractivity contribution in [3.8, 4) is 17.1 Å². The van der Waals surface area contributed by atoms with Crippen LogP contribution in [0.4, 0.5) is 0 Å². The highest BCUT2D eigenvalue weighted by atomic mass is 16.5. The van der Waals surface area contributed by atoms with Crippen LogP contribution in [-0.2, 0) is 6.61 Å². The Morgan fingerprint density at radius 1 is 1.00 bits per heavy atom. The fourth-order valence-corrected chi connectivity index (χ4v) is 2.71. The molecule has 4 nitrogen and oxygen atoms in total. The van der Waals surface area contributed by atoms with Crippen LogP contribution < -0.4 is 4.74 Å². The molecule has 0 amide bonds. The Bertz CT molecular complexity index is 761. The Kier molecular flexibility index (Phi) is 3.80. The van der Waals surface area contributed by atoms with Gasteiger partial charge in [-0.1, -0.05) is 36.8 Å². The lowest BCUT2D eigenvalue weighted by Gasteiger charge is -2.22. The van der Waals surface area contributed by atoms with Gasteiger partial charge in [0.05, 0.1) is 0 Å². The third-order valence-corrected chi connectivity index (χ3v) is 4.36. The van der Waals surface area contributed by atoms with Gasteiger partial charge in [-0.25, -0.2) is 4.98 Å². The smallest absolute Gasteiger partial charge is 0.181 e. The van der Waals surface area contributed by atoms with Gasteiger partial charge in [-0.05, 0) is 42.7 Å². The van der Waals surface area contributed by atoms with Crippen LogP contribution in [-0.4, -0.2) is 15.2 Å². The van der Waals surface area contributed by atoms with Crippen LogP contribution in [0.15, 0.2) is 54.6 Å². The highest BCUT2D eigenvalue weighted by molar-refractivity contribution is 5.55. The zero-order valence-electron chi connectivity index (χ0n) is 12.9. The molecule has 4 rings (SSSR count). The van der Waals surface area contributed by atoms with E-state index in [0.29, 0.717) is 12.5 Å². The summed E-state index contributed by atoms with van der Waals surface area (Å²) in [7, 11) is 0. The number of ether oxygens (including phenoxy) is 1. The lowest BCUT2D eigenvalue weighted by atomic mass is 9.85. The Labute approximate surface area is 135 Å². The molecular weight excluding hydrogens is 286 g/mol. The lowest BCUT2D eigenvalue weighted by molar-refractivity contribution is 0.306. The molecule has 116 valence electrons. The molecule has 1 N–H and O–H groups in total. The summed E-state index contributed by atoms with van der Waals surface area (Å²) < 4.78 is 5.80. The van der Waals surface area contributed by atoms with E-state index in [0.717, 1.165) is 28.5 Å². The van der Waals surface area contributed by atoms with Crippen molar-refractivity contribution in [3.63, 3.8) is 0 Å². The summed E-state index contributed by atoms with van der Waals surface area (Å²) in [6.07, 6.45) is 3.75. The van der Waals surface area contributed by atoms with Crippen LogP contribution in [0.25, 0.3) is 11.4 Å². The lowest BCUT2D eigenvalue weighted by Crippen LogP contribution is -2.10. The minimum absolute atomic E-state index is 0.574. The summed E-state index contributed by atoms with van der Waals surface area (Å²) in [5, 5.41) is 7.41. The molecule has 1 fully saturated rings. The molecule has 23 heavy (non-hydrogen) atoms. The molecule has 1 saturated carbocycles. The van der Waals surface area contributed by atoms with Gasteiger partial charge in [0, 0.05) is 11.5 Å². The Morgan fingerprint density at radius 2 is 1.78 bits per heavy atom. The third-order valence-electron chi connectivity index (χ3n) is 4.36. The number of benzene rings is 2. The Hall–Kier alpha value is -2.62. The molecule has 3 aromatic rings. The van der Waals surface area contributed by atoms with Gasteiger partial charge >= 0.3 is 0 Å². The van der Waals surface area contributed by atoms with Crippen molar-refractivity contribution in [2.24, 2.45) is 0 Å². The maximum atomic E-state index is 5.80. The van der Waals surface area contributed by atoms with Crippen LogP contribution in [0.2, 0.25) is 0 Å². The molecule has 0 aliphatic heterocycles. The zero-order chi connectivity index (χ0) is 15.5. The van der Waals surface area contributed by atoms with E-state index in [4.69, 9.17) is 4.74 Å². The molecule has 4 heteroatoms. The molecule has 0 unspecified atom stereocenters. The number of hydrogen-bond acceptors (Lipinski definition) is 3. The number of rotatable bonds is 5. The topological polar surface area (TPSA) is 50.8 Å². The molecule has 1 heterocycles. The second-order valence-corrected chi connectivity index (χ2v) is 5.97. The highest BCUT2D eigenvalue weighted by Gasteiger charge is 2.23. The van der Waals surface area contributed by atoms with E-state index in [9.17, 15) is 0 Å². The van der Waals surface area contributed by atoms with Crippen LogP contribution in [0.3, 0.4) is 0 Å². The van der Waals surface area contributed by atoms with Gasteiger partial charge in [-0.3, -0.25) is 5.10 Å². The van der Waals surface area contributed by atoms with E-state index in [1.165, 1.54) is 19.3 Å². The van der Waals surface area contributed by atoms with Crippen molar-refractivity contribution < 1.29 is 4.74 Å². The number of hydrogen-bond donors (Lipinski definition) is 1. The second-order valence-electron chi connectivity index (χ2n) is 5.97. The summed E-state index contributed by atoms with van der Waals surface area (Å²) in [5.74, 6) is 3.22. The quantitative estimate of drug-likeness (QED) is 0.764. The van der Waals surface area contributed by atoms with Crippen molar-refractivity contribution in [2.75, 3.05) is 0 Å². The fourth-order valence-electron chi connectivity index (χ4n) is 2.71. The van der Waals surface area contributed by atoms with Crippen molar-refractivity contribution >= 4 is 0 Å². The first-order valence-electron chi connectivity index (χ1n) is 8.08. The number of nitrogens with one attached hydrogen (secondary N) is 1. The average molecular weight is 305 g/mol. The van der Waals surface area contributed by atoms with Gasteiger partial charge in [-0.15, -0.1) is 0 Å². The Morgan fingerprint density at radius 3 is 2.48 bits per heavy atom. The molecule has 0 saturated heterocycles. The first-order valence-corrected chi connectivity index (χ1v) is 8.08. The van der Waals surface area contributed by atoms with Crippen LogP contribution in [0.5, 0.6) is 5.75 Å². The SMILES string of the molecule is c1ccc(COc2ccc(-c3n[nH]c(C4CCC4)n3)cc2)cc1. The highest BCUT2D eigenvalue weighted by Crippen LogP contribution is 2.34. The molecular formula is C19H19N3O. The minimum atomic E-state index is 0.574. The first-order chi connectivity index (χ1) is 11.4. The number of nitrogens with zero attached hydrogens (tertiary/aromatic N) is 2. The number of H-pyrrole nitrogens is 1. The van der Waals surface area contributed by atoms with Crippen molar-refractivity contribution in [2.45, 2.75) is 31.8 Å². The summed E-state index contributed by atoms with van der Waals surface area (Å²) >= 11 is 0. The van der Waals surface area contributed by atoms with E-state index < -0.39 is 0 Å². The minimum Gasteiger partial charge on any atom is -0.489 e. The van der Waals surface area contributed by atoms with E-state index in [-0.39, 0.29) is 0 Å². The van der Waals surface area contributed by atoms with E-state index >= 15 is 0 Å². The van der Waals surface area contributed by atoms with Crippen LogP contribution in [0, 0.1) is 0 Å². The largest absolute Gasteiger partial charge is 0.489 e. The fraction of sp³-hybridized carbons (Fsp3) is 0.263. The van der Waals surface area contributed by atoms with Crippen LogP contribution in [0.1, 0.15) is 36.6 Å². The molecule has 0 spiro atoms. The summed E-state index contributed by atoms with van der Waals surface area (Å²) in [6, 6.07) is 18.1. The maximum Gasteiger partial charge on any atom is 0.181 e. The predicted molar refractivity (Wildman–Crippen MR) is 89.2 cm³/mol. The van der Waals surface area contributed by atoms with Gasteiger partial charge in [0.2, 0.25) is 0 Å². The molecule has 1 aromatic heterocycles. The third kappa shape index (κ3) is 3.11. The zero-order valence-corrected chi connectivity index (χ0v) is 12.9. The standard InChI is InChI=1S/C19H19N3O/c1-2-5-14(6-3-1)13-23-17-11-9-16(10-12-17)19-20-18(21-22-19)15-7-4-8-15/h1-3,5-6,9-12,15H,4,7-8,13H2,(H,20,21,22). The number of aromatic amines is 1. The normalized spacial score (nSPS) is 14.4. The second kappa shape index (κ2) is 6.24. The maximum absolute atomic E-state index is 5.80. The van der Waals surface area contributed by atoms with Gasteiger partial charge < -0.3 is 4.74 Å². The van der Waals surface area contributed by atoms with Crippen molar-refractivity contribution in [3.05, 3.63) is 66.0 Å². The van der Waals surface area contributed by atoms with E-state index in [2.05, 4.69) is 27.3 Å². The van der Waals surface area contributed by atoms with Gasteiger partial charge in [0.15, 0.2) is 5.82 Å². The van der Waals surface area contributed by atoms with Gasteiger partial charge in [0.25, 0.3) is 0 Å². The molecule has 1 aliphatic rings. The summed E-state index contributed by atoms with van der Waals surface area (Å²) in [4.78, 5) is 4.62. The van der Waals surface area contributed by atoms with E-state index in [1.807, 2.05) is 42.5 Å². The van der Waals surface area contributed by atoms with Gasteiger partial charge in [0.1, 0.15) is 18.2 Å². The molecule has 0 bridgehead atoms. The first kappa shape index (κ1) is 14.0. The summed E-state index contributed by atoms with van der Waals surface area (Å²) in [6.45, 7) is 0.576. The molecule has 2 aromatic carbocycles. The van der Waals surface area contributed by atoms with Crippen molar-refractivity contribution in [1.29, 1.82) is 0 Å². The molecule has 1 aliphatic carbocycles. The number of aromatic nitrogens is 3. The molecule has 0 atom stereocenters. The average Bonchev–Trinajstić information content (AvgIpc) is 3.02. The van der Waals surface area contributed by atoms with Crippen LogP contribution >= 0.6 is 0 Å². The summed E-state index contributed by atoms with van der Waals surface area (Å²) in [5.41, 5.74) is 2.18. The van der Waals surface area contributed by atoms with Crippen molar-refractivity contribution in [1.82, 2.24) is 15.2 Å². The van der Waals surface area contributed by atoms with E-state index in [1.54, 1.807) is 0 Å². The Balaban J connectivity index is 1.42. The monoisotopic (exact) mass is 305 g/mol. The molecule has 0 radical (unpaired) electrons.